The van der Waals surface area contributed by atoms with Crippen LogP contribution in [0.15, 0.2) is 12.4 Å². The number of piperidine rings is 1. The number of aromatic nitrogens is 2. The lowest BCUT2D eigenvalue weighted by molar-refractivity contribution is -0.131. The Labute approximate surface area is 94.2 Å². The van der Waals surface area contributed by atoms with E-state index in [0.717, 1.165) is 31.8 Å². The summed E-state index contributed by atoms with van der Waals surface area (Å²) in [7, 11) is 0. The molecule has 2 heterocycles. The van der Waals surface area contributed by atoms with Gasteiger partial charge in [0.1, 0.15) is 5.82 Å². The second kappa shape index (κ2) is 5.03. The fourth-order valence-corrected chi connectivity index (χ4v) is 1.84. The van der Waals surface area contributed by atoms with Crippen molar-refractivity contribution in [2.45, 2.75) is 25.7 Å². The molecule has 86 valence electrons. The van der Waals surface area contributed by atoms with E-state index >= 15 is 0 Å². The van der Waals surface area contributed by atoms with Crippen LogP contribution in [0, 0.1) is 0 Å². The number of ether oxygens (including phenoxy) is 1. The topological polar surface area (TPSA) is 64.1 Å². The molecule has 0 amide bonds. The van der Waals surface area contributed by atoms with E-state index in [1.165, 1.54) is 6.92 Å². The summed E-state index contributed by atoms with van der Waals surface area (Å²) in [5, 5.41) is 3.30. The van der Waals surface area contributed by atoms with E-state index in [-0.39, 0.29) is 5.97 Å². The summed E-state index contributed by atoms with van der Waals surface area (Å²) in [6.45, 7) is 3.39. The summed E-state index contributed by atoms with van der Waals surface area (Å²) < 4.78 is 4.88. The second-order valence-electron chi connectivity index (χ2n) is 3.89. The van der Waals surface area contributed by atoms with E-state index in [9.17, 15) is 4.79 Å². The van der Waals surface area contributed by atoms with Gasteiger partial charge in [-0.3, -0.25) is 4.79 Å². The van der Waals surface area contributed by atoms with Gasteiger partial charge in [0.25, 0.3) is 0 Å². The van der Waals surface area contributed by atoms with Crippen LogP contribution in [0.3, 0.4) is 0 Å². The summed E-state index contributed by atoms with van der Waals surface area (Å²) in [5.74, 6) is 1.33. The van der Waals surface area contributed by atoms with Gasteiger partial charge in [0.2, 0.25) is 0 Å². The van der Waals surface area contributed by atoms with E-state index in [2.05, 4.69) is 15.3 Å². The third-order valence-electron chi connectivity index (χ3n) is 2.61. The minimum atomic E-state index is -0.349. The molecule has 0 saturated carbocycles. The first kappa shape index (κ1) is 11.0. The van der Waals surface area contributed by atoms with Gasteiger partial charge in [0, 0.05) is 12.8 Å². The van der Waals surface area contributed by atoms with Gasteiger partial charge in [-0.1, -0.05) is 0 Å². The van der Waals surface area contributed by atoms with Crippen molar-refractivity contribution in [2.75, 3.05) is 13.1 Å². The molecule has 0 aliphatic carbocycles. The van der Waals surface area contributed by atoms with Gasteiger partial charge in [-0.2, -0.15) is 0 Å². The van der Waals surface area contributed by atoms with Crippen LogP contribution in [0.4, 0.5) is 0 Å². The predicted molar refractivity (Wildman–Crippen MR) is 58.2 cm³/mol. The van der Waals surface area contributed by atoms with Crippen molar-refractivity contribution in [1.29, 1.82) is 0 Å². The molecule has 0 spiro atoms. The van der Waals surface area contributed by atoms with Gasteiger partial charge in [0.15, 0.2) is 5.75 Å². The first-order valence-corrected chi connectivity index (χ1v) is 5.47. The molecule has 1 aromatic rings. The van der Waals surface area contributed by atoms with Crippen LogP contribution in [0.2, 0.25) is 0 Å². The first-order valence-electron chi connectivity index (χ1n) is 5.47. The average Bonchev–Trinajstić information content (AvgIpc) is 2.30. The van der Waals surface area contributed by atoms with Gasteiger partial charge < -0.3 is 10.1 Å². The normalized spacial score (nSPS) is 17.1. The number of carbonyl (C=O) groups excluding carboxylic acids is 1. The molecule has 5 heteroatoms. The maximum Gasteiger partial charge on any atom is 0.308 e. The molecule has 1 aromatic heterocycles. The molecule has 1 fully saturated rings. The lowest BCUT2D eigenvalue weighted by Crippen LogP contribution is -2.27. The molecule has 5 nitrogen and oxygen atoms in total. The smallest absolute Gasteiger partial charge is 0.308 e. The van der Waals surface area contributed by atoms with Gasteiger partial charge in [0.05, 0.1) is 12.4 Å². The third kappa shape index (κ3) is 2.76. The van der Waals surface area contributed by atoms with Crippen molar-refractivity contribution >= 4 is 5.97 Å². The van der Waals surface area contributed by atoms with Gasteiger partial charge >= 0.3 is 5.97 Å². The Morgan fingerprint density at radius 1 is 1.38 bits per heavy atom. The largest absolute Gasteiger partial charge is 0.423 e. The summed E-state index contributed by atoms with van der Waals surface area (Å²) in [4.78, 5) is 19.2. The van der Waals surface area contributed by atoms with Crippen molar-refractivity contribution < 1.29 is 9.53 Å². The Bertz CT molecular complexity index is 358. The molecule has 1 aliphatic heterocycles. The second-order valence-corrected chi connectivity index (χ2v) is 3.89. The molecule has 2 rings (SSSR count). The molecule has 1 saturated heterocycles. The van der Waals surface area contributed by atoms with E-state index in [1.807, 2.05) is 0 Å². The van der Waals surface area contributed by atoms with Crippen molar-refractivity contribution in [3.63, 3.8) is 0 Å². The molecular formula is C11H15N3O2. The molecule has 16 heavy (non-hydrogen) atoms. The highest BCUT2D eigenvalue weighted by Crippen LogP contribution is 2.22. The Balaban J connectivity index is 2.03. The van der Waals surface area contributed by atoms with Crippen molar-refractivity contribution in [3.8, 4) is 5.75 Å². The highest BCUT2D eigenvalue weighted by molar-refractivity contribution is 5.68. The zero-order valence-electron chi connectivity index (χ0n) is 9.27. The quantitative estimate of drug-likeness (QED) is 0.751. The Hall–Kier alpha value is -1.49. The number of esters is 1. The molecule has 0 aromatic carbocycles. The first-order chi connectivity index (χ1) is 7.75. The third-order valence-corrected chi connectivity index (χ3v) is 2.61. The summed E-state index contributed by atoms with van der Waals surface area (Å²) in [5.41, 5.74) is 0. The maximum absolute atomic E-state index is 10.7. The maximum atomic E-state index is 10.7. The summed E-state index contributed by atoms with van der Waals surface area (Å²) in [6, 6.07) is 0. The standard InChI is InChI=1S/C11H15N3O2/c1-8(15)16-10-6-13-11(14-7-10)9-2-4-12-5-3-9/h6-7,9,12H,2-5H2,1H3. The average molecular weight is 221 g/mol. The lowest BCUT2D eigenvalue weighted by atomic mass is 9.97. The number of carbonyl (C=O) groups is 1. The molecule has 0 unspecified atom stereocenters. The molecule has 0 radical (unpaired) electrons. The van der Waals surface area contributed by atoms with E-state index in [0.29, 0.717) is 11.7 Å². The summed E-state index contributed by atoms with van der Waals surface area (Å²) in [6.07, 6.45) is 5.25. The van der Waals surface area contributed by atoms with Crippen LogP contribution in [-0.2, 0) is 4.79 Å². The molecule has 0 bridgehead atoms. The van der Waals surface area contributed by atoms with Crippen LogP contribution in [0.5, 0.6) is 5.75 Å². The molecular weight excluding hydrogens is 206 g/mol. The Morgan fingerprint density at radius 3 is 2.56 bits per heavy atom. The number of nitrogens with zero attached hydrogens (tertiary/aromatic N) is 2. The minimum Gasteiger partial charge on any atom is -0.423 e. The molecule has 0 atom stereocenters. The van der Waals surface area contributed by atoms with Crippen molar-refractivity contribution in [1.82, 2.24) is 15.3 Å². The predicted octanol–water partition coefficient (Wildman–Crippen LogP) is 0.869. The van der Waals surface area contributed by atoms with Crippen LogP contribution in [0.1, 0.15) is 31.5 Å². The van der Waals surface area contributed by atoms with Crippen LogP contribution in [0.25, 0.3) is 0 Å². The Morgan fingerprint density at radius 2 is 2.00 bits per heavy atom. The van der Waals surface area contributed by atoms with Gasteiger partial charge in [-0.25, -0.2) is 9.97 Å². The fourth-order valence-electron chi connectivity index (χ4n) is 1.84. The van der Waals surface area contributed by atoms with Crippen molar-refractivity contribution in [3.05, 3.63) is 18.2 Å². The lowest BCUT2D eigenvalue weighted by Gasteiger charge is -2.20. The summed E-state index contributed by atoms with van der Waals surface area (Å²) >= 11 is 0. The molecule has 1 aliphatic rings. The number of hydrogen-bond acceptors (Lipinski definition) is 5. The van der Waals surface area contributed by atoms with E-state index in [4.69, 9.17) is 4.74 Å². The van der Waals surface area contributed by atoms with Crippen LogP contribution in [-0.4, -0.2) is 29.0 Å². The Kier molecular flexibility index (Phi) is 3.46. The SMILES string of the molecule is CC(=O)Oc1cnc(C2CCNCC2)nc1. The van der Waals surface area contributed by atoms with E-state index in [1.54, 1.807) is 12.4 Å². The van der Waals surface area contributed by atoms with Crippen molar-refractivity contribution in [2.24, 2.45) is 0 Å². The van der Waals surface area contributed by atoms with E-state index < -0.39 is 0 Å². The monoisotopic (exact) mass is 221 g/mol. The zero-order valence-corrected chi connectivity index (χ0v) is 9.27. The number of hydrogen-bond donors (Lipinski definition) is 1. The number of rotatable bonds is 2. The highest BCUT2D eigenvalue weighted by Gasteiger charge is 2.17. The number of nitrogens with one attached hydrogen (secondary N) is 1. The highest BCUT2D eigenvalue weighted by atomic mass is 16.5. The fraction of sp³-hybridized carbons (Fsp3) is 0.545. The van der Waals surface area contributed by atoms with Gasteiger partial charge in [-0.15, -0.1) is 0 Å². The molecule has 1 N–H and O–H groups in total. The van der Waals surface area contributed by atoms with Crippen LogP contribution >= 0.6 is 0 Å². The minimum absolute atomic E-state index is 0.349. The zero-order chi connectivity index (χ0) is 11.4. The van der Waals surface area contributed by atoms with Gasteiger partial charge in [-0.05, 0) is 25.9 Å². The van der Waals surface area contributed by atoms with Crippen LogP contribution < -0.4 is 10.1 Å².